The van der Waals surface area contributed by atoms with Crippen molar-refractivity contribution < 1.29 is 9.47 Å². The molecule has 1 aromatic heterocycles. The predicted octanol–water partition coefficient (Wildman–Crippen LogP) is 2.29. The number of thiazole rings is 1. The van der Waals surface area contributed by atoms with Gasteiger partial charge in [0.1, 0.15) is 0 Å². The van der Waals surface area contributed by atoms with E-state index in [1.807, 2.05) is 18.2 Å². The Balaban J connectivity index is 2.46. The monoisotopic (exact) mass is 250 g/mol. The summed E-state index contributed by atoms with van der Waals surface area (Å²) in [6, 6.07) is 5.73. The molecule has 0 saturated carbocycles. The molecule has 2 N–H and O–H groups in total. The molecule has 0 radical (unpaired) electrons. The van der Waals surface area contributed by atoms with Crippen LogP contribution in [0, 0.1) is 0 Å². The van der Waals surface area contributed by atoms with Gasteiger partial charge in [-0.2, -0.15) is 0 Å². The first-order valence-corrected chi connectivity index (χ1v) is 6.03. The van der Waals surface area contributed by atoms with Crippen LogP contribution in [0.3, 0.4) is 0 Å². The van der Waals surface area contributed by atoms with Gasteiger partial charge in [-0.3, -0.25) is 0 Å². The van der Waals surface area contributed by atoms with Gasteiger partial charge < -0.3 is 15.2 Å². The molecule has 90 valence electrons. The van der Waals surface area contributed by atoms with Crippen LogP contribution in [0.15, 0.2) is 23.7 Å². The van der Waals surface area contributed by atoms with E-state index in [1.54, 1.807) is 31.1 Å². The second-order valence-corrected chi connectivity index (χ2v) is 4.34. The van der Waals surface area contributed by atoms with Gasteiger partial charge in [0.2, 0.25) is 0 Å². The summed E-state index contributed by atoms with van der Waals surface area (Å²) in [7, 11) is 3.23. The molecule has 0 amide bonds. The fourth-order valence-corrected chi connectivity index (χ4v) is 2.30. The second kappa shape index (κ2) is 5.16. The third-order valence-corrected chi connectivity index (χ3v) is 3.34. The van der Waals surface area contributed by atoms with Crippen molar-refractivity contribution in [2.75, 3.05) is 14.2 Å². The Labute approximate surface area is 104 Å². The van der Waals surface area contributed by atoms with Crippen molar-refractivity contribution in [1.29, 1.82) is 0 Å². The van der Waals surface area contributed by atoms with Crippen molar-refractivity contribution in [2.24, 2.45) is 5.73 Å². The van der Waals surface area contributed by atoms with E-state index in [2.05, 4.69) is 4.98 Å². The zero-order valence-corrected chi connectivity index (χ0v) is 10.6. The normalized spacial score (nSPS) is 10.3. The average molecular weight is 250 g/mol. The third kappa shape index (κ3) is 2.25. The average Bonchev–Trinajstić information content (AvgIpc) is 2.86. The fourth-order valence-electron chi connectivity index (χ4n) is 1.63. The van der Waals surface area contributed by atoms with Crippen LogP contribution in [-0.2, 0) is 6.54 Å². The second-order valence-electron chi connectivity index (χ2n) is 3.40. The summed E-state index contributed by atoms with van der Waals surface area (Å²) in [5.74, 6) is 1.40. The SMILES string of the molecule is COc1ccc(-c2ncsc2CN)cc1OC. The lowest BCUT2D eigenvalue weighted by molar-refractivity contribution is 0.355. The zero-order valence-electron chi connectivity index (χ0n) is 9.77. The molecular formula is C12H14N2O2S. The molecular weight excluding hydrogens is 236 g/mol. The smallest absolute Gasteiger partial charge is 0.161 e. The summed E-state index contributed by atoms with van der Waals surface area (Å²) >= 11 is 1.56. The Morgan fingerprint density at radius 3 is 2.65 bits per heavy atom. The van der Waals surface area contributed by atoms with Gasteiger partial charge >= 0.3 is 0 Å². The minimum Gasteiger partial charge on any atom is -0.493 e. The lowest BCUT2D eigenvalue weighted by Gasteiger charge is -2.09. The van der Waals surface area contributed by atoms with Crippen LogP contribution in [0.25, 0.3) is 11.3 Å². The van der Waals surface area contributed by atoms with Crippen LogP contribution in [0.5, 0.6) is 11.5 Å². The van der Waals surface area contributed by atoms with Crippen molar-refractivity contribution in [1.82, 2.24) is 4.98 Å². The highest BCUT2D eigenvalue weighted by Crippen LogP contribution is 2.33. The summed E-state index contributed by atoms with van der Waals surface area (Å²) in [5, 5.41) is 0. The minimum atomic E-state index is 0.494. The number of benzene rings is 1. The lowest BCUT2D eigenvalue weighted by Crippen LogP contribution is -1.96. The van der Waals surface area contributed by atoms with Gasteiger partial charge in [-0.25, -0.2) is 4.98 Å². The number of ether oxygens (including phenoxy) is 2. The quantitative estimate of drug-likeness (QED) is 0.904. The van der Waals surface area contributed by atoms with E-state index < -0.39 is 0 Å². The number of nitrogens with two attached hydrogens (primary N) is 1. The molecule has 0 unspecified atom stereocenters. The van der Waals surface area contributed by atoms with Gasteiger partial charge in [0.25, 0.3) is 0 Å². The molecule has 17 heavy (non-hydrogen) atoms. The molecule has 0 bridgehead atoms. The molecule has 0 atom stereocenters. The lowest BCUT2D eigenvalue weighted by atomic mass is 10.1. The number of nitrogens with zero attached hydrogens (tertiary/aromatic N) is 1. The van der Waals surface area contributed by atoms with E-state index in [4.69, 9.17) is 15.2 Å². The number of hydrogen-bond acceptors (Lipinski definition) is 5. The van der Waals surface area contributed by atoms with Gasteiger partial charge in [0.05, 0.1) is 25.4 Å². The van der Waals surface area contributed by atoms with Gasteiger partial charge in [0.15, 0.2) is 11.5 Å². The van der Waals surface area contributed by atoms with Crippen molar-refractivity contribution in [3.63, 3.8) is 0 Å². The van der Waals surface area contributed by atoms with Crippen LogP contribution < -0.4 is 15.2 Å². The Morgan fingerprint density at radius 1 is 1.24 bits per heavy atom. The van der Waals surface area contributed by atoms with Gasteiger partial charge in [0, 0.05) is 17.0 Å². The van der Waals surface area contributed by atoms with Crippen molar-refractivity contribution in [2.45, 2.75) is 6.54 Å². The van der Waals surface area contributed by atoms with E-state index in [9.17, 15) is 0 Å². The van der Waals surface area contributed by atoms with E-state index in [0.29, 0.717) is 18.0 Å². The molecule has 0 aliphatic carbocycles. The first-order chi connectivity index (χ1) is 8.30. The van der Waals surface area contributed by atoms with Crippen molar-refractivity contribution in [3.8, 4) is 22.8 Å². The number of rotatable bonds is 4. The van der Waals surface area contributed by atoms with E-state index in [0.717, 1.165) is 16.1 Å². The minimum absolute atomic E-state index is 0.494. The maximum Gasteiger partial charge on any atom is 0.161 e. The Bertz CT molecular complexity index is 511. The predicted molar refractivity (Wildman–Crippen MR) is 68.5 cm³/mol. The zero-order chi connectivity index (χ0) is 12.3. The van der Waals surface area contributed by atoms with Gasteiger partial charge in [-0.05, 0) is 18.2 Å². The Morgan fingerprint density at radius 2 is 2.00 bits per heavy atom. The van der Waals surface area contributed by atoms with Crippen molar-refractivity contribution >= 4 is 11.3 Å². The van der Waals surface area contributed by atoms with Gasteiger partial charge in [-0.1, -0.05) is 0 Å². The summed E-state index contributed by atoms with van der Waals surface area (Å²) in [4.78, 5) is 5.40. The largest absolute Gasteiger partial charge is 0.493 e. The number of methoxy groups -OCH3 is 2. The summed E-state index contributed by atoms with van der Waals surface area (Å²) in [6.07, 6.45) is 0. The molecule has 2 rings (SSSR count). The first-order valence-electron chi connectivity index (χ1n) is 5.15. The highest BCUT2D eigenvalue weighted by Gasteiger charge is 2.11. The highest BCUT2D eigenvalue weighted by molar-refractivity contribution is 7.10. The topological polar surface area (TPSA) is 57.4 Å². The highest BCUT2D eigenvalue weighted by atomic mass is 32.1. The standard InChI is InChI=1S/C12H14N2O2S/c1-15-9-4-3-8(5-10(9)16-2)12-11(6-13)17-7-14-12/h3-5,7H,6,13H2,1-2H3. The summed E-state index contributed by atoms with van der Waals surface area (Å²) in [5.41, 5.74) is 9.38. The molecule has 0 fully saturated rings. The molecule has 0 saturated heterocycles. The van der Waals surface area contributed by atoms with E-state index in [-0.39, 0.29) is 0 Å². The first kappa shape index (κ1) is 11.9. The Hall–Kier alpha value is -1.59. The van der Waals surface area contributed by atoms with Crippen molar-refractivity contribution in [3.05, 3.63) is 28.6 Å². The maximum atomic E-state index is 5.67. The fraction of sp³-hybridized carbons (Fsp3) is 0.250. The molecule has 1 heterocycles. The van der Waals surface area contributed by atoms with Gasteiger partial charge in [-0.15, -0.1) is 11.3 Å². The summed E-state index contributed by atoms with van der Waals surface area (Å²) in [6.45, 7) is 0.494. The molecule has 5 heteroatoms. The van der Waals surface area contributed by atoms with E-state index >= 15 is 0 Å². The van der Waals surface area contributed by atoms with E-state index in [1.165, 1.54) is 0 Å². The van der Waals surface area contributed by atoms with Crippen LogP contribution in [-0.4, -0.2) is 19.2 Å². The molecule has 4 nitrogen and oxygen atoms in total. The maximum absolute atomic E-state index is 5.67. The molecule has 0 spiro atoms. The third-order valence-electron chi connectivity index (χ3n) is 2.48. The van der Waals surface area contributed by atoms with Crippen LogP contribution in [0.1, 0.15) is 4.88 Å². The summed E-state index contributed by atoms with van der Waals surface area (Å²) < 4.78 is 10.5. The van der Waals surface area contributed by atoms with Crippen LogP contribution >= 0.6 is 11.3 Å². The van der Waals surface area contributed by atoms with Crippen LogP contribution in [0.4, 0.5) is 0 Å². The Kier molecular flexibility index (Phi) is 3.61. The number of aromatic nitrogens is 1. The molecule has 2 aromatic rings. The molecule has 1 aromatic carbocycles. The molecule has 0 aliphatic heterocycles. The molecule has 0 aliphatic rings. The number of hydrogen-bond donors (Lipinski definition) is 1. The van der Waals surface area contributed by atoms with Crippen LogP contribution in [0.2, 0.25) is 0 Å².